The van der Waals surface area contributed by atoms with Gasteiger partial charge in [-0.05, 0) is 42.7 Å². The van der Waals surface area contributed by atoms with Crippen molar-refractivity contribution in [2.75, 3.05) is 6.61 Å². The molecular formula is C17H16O3S. The number of hydrogen-bond donors (Lipinski definition) is 1. The molecule has 3 nitrogen and oxygen atoms in total. The van der Waals surface area contributed by atoms with E-state index in [4.69, 9.17) is 9.84 Å². The topological polar surface area (TPSA) is 46.5 Å². The minimum Gasteiger partial charge on any atom is -0.492 e. The van der Waals surface area contributed by atoms with Crippen LogP contribution in [0, 0.1) is 6.92 Å². The summed E-state index contributed by atoms with van der Waals surface area (Å²) < 4.78 is 5.86. The van der Waals surface area contributed by atoms with Crippen LogP contribution in [0.3, 0.4) is 0 Å². The molecule has 1 aliphatic rings. The van der Waals surface area contributed by atoms with Crippen LogP contribution in [0.15, 0.2) is 47.4 Å². The molecule has 108 valence electrons. The molecular weight excluding hydrogens is 284 g/mol. The molecule has 3 rings (SSSR count). The Labute approximate surface area is 127 Å². The number of fused-ring (bicyclic) bond motifs is 1. The monoisotopic (exact) mass is 300 g/mol. The zero-order valence-corrected chi connectivity index (χ0v) is 12.5. The summed E-state index contributed by atoms with van der Waals surface area (Å²) in [5, 5.41) is 9.42. The third-order valence-corrected chi connectivity index (χ3v) is 4.86. The van der Waals surface area contributed by atoms with E-state index in [9.17, 15) is 4.79 Å². The van der Waals surface area contributed by atoms with Gasteiger partial charge in [-0.3, -0.25) is 0 Å². The minimum atomic E-state index is -0.928. The van der Waals surface area contributed by atoms with E-state index in [-0.39, 0.29) is 5.56 Å². The maximum Gasteiger partial charge on any atom is 0.335 e. The van der Waals surface area contributed by atoms with Gasteiger partial charge in [0.25, 0.3) is 0 Å². The molecule has 21 heavy (non-hydrogen) atoms. The van der Waals surface area contributed by atoms with Crippen molar-refractivity contribution < 1.29 is 14.6 Å². The van der Waals surface area contributed by atoms with E-state index in [2.05, 4.69) is 24.3 Å². The van der Waals surface area contributed by atoms with Crippen molar-refractivity contribution in [2.45, 2.75) is 23.5 Å². The zero-order chi connectivity index (χ0) is 14.8. The largest absolute Gasteiger partial charge is 0.492 e. The number of carbonyl (C=O) groups is 1. The van der Waals surface area contributed by atoms with E-state index in [1.807, 2.05) is 18.7 Å². The highest BCUT2D eigenvalue weighted by Crippen LogP contribution is 2.37. The van der Waals surface area contributed by atoms with Crippen molar-refractivity contribution in [3.63, 3.8) is 0 Å². The number of benzene rings is 2. The zero-order valence-electron chi connectivity index (χ0n) is 11.7. The van der Waals surface area contributed by atoms with Gasteiger partial charge in [-0.2, -0.15) is 0 Å². The summed E-state index contributed by atoms with van der Waals surface area (Å²) in [6, 6.07) is 13.4. The van der Waals surface area contributed by atoms with Crippen LogP contribution in [0.5, 0.6) is 5.75 Å². The summed E-state index contributed by atoms with van der Waals surface area (Å²) in [5.74, 6) is -0.269. The molecule has 1 aliphatic heterocycles. The molecule has 0 saturated carbocycles. The highest BCUT2D eigenvalue weighted by molar-refractivity contribution is 8.00. The minimum absolute atomic E-state index is 0.262. The van der Waals surface area contributed by atoms with Crippen LogP contribution in [0.1, 0.15) is 21.5 Å². The molecule has 1 N–H and O–H groups in total. The number of rotatable bonds is 4. The van der Waals surface area contributed by atoms with Gasteiger partial charge in [-0.25, -0.2) is 4.79 Å². The molecule has 0 amide bonds. The molecule has 1 heterocycles. The second kappa shape index (κ2) is 5.82. The predicted molar refractivity (Wildman–Crippen MR) is 83.4 cm³/mol. The fourth-order valence-corrected chi connectivity index (χ4v) is 3.64. The Hall–Kier alpha value is -1.94. The Morgan fingerprint density at radius 3 is 2.90 bits per heavy atom. The van der Waals surface area contributed by atoms with Gasteiger partial charge in [0, 0.05) is 10.1 Å². The van der Waals surface area contributed by atoms with Crippen LogP contribution in [0.25, 0.3) is 0 Å². The Bertz CT molecular complexity index is 656. The average molecular weight is 300 g/mol. The fraction of sp³-hybridized carbons (Fsp3) is 0.235. The van der Waals surface area contributed by atoms with Gasteiger partial charge in [-0.1, -0.05) is 24.3 Å². The van der Waals surface area contributed by atoms with Crippen LogP contribution in [-0.2, 0) is 6.42 Å². The van der Waals surface area contributed by atoms with Gasteiger partial charge in [0.05, 0.1) is 5.56 Å². The maximum atomic E-state index is 11.0. The summed E-state index contributed by atoms with van der Waals surface area (Å²) in [4.78, 5) is 12.3. The second-order valence-corrected chi connectivity index (χ2v) is 6.49. The second-order valence-electron chi connectivity index (χ2n) is 5.15. The molecule has 2 aromatic rings. The maximum absolute atomic E-state index is 11.0. The normalized spacial score (nSPS) is 16.5. The van der Waals surface area contributed by atoms with Crippen molar-refractivity contribution in [1.82, 2.24) is 0 Å². The van der Waals surface area contributed by atoms with E-state index in [0.717, 1.165) is 12.0 Å². The molecule has 0 saturated heterocycles. The van der Waals surface area contributed by atoms with E-state index in [1.165, 1.54) is 10.5 Å². The lowest BCUT2D eigenvalue weighted by Crippen LogP contribution is -2.14. The molecule has 0 fully saturated rings. The van der Waals surface area contributed by atoms with Gasteiger partial charge in [0.15, 0.2) is 0 Å². The van der Waals surface area contributed by atoms with Crippen LogP contribution in [0.4, 0.5) is 0 Å². The summed E-state index contributed by atoms with van der Waals surface area (Å²) in [7, 11) is 0. The molecule has 2 aromatic carbocycles. The third kappa shape index (κ3) is 3.05. The summed E-state index contributed by atoms with van der Waals surface area (Å²) >= 11 is 1.83. The molecule has 0 aliphatic carbocycles. The van der Waals surface area contributed by atoms with Crippen LogP contribution < -0.4 is 4.74 Å². The van der Waals surface area contributed by atoms with Gasteiger partial charge < -0.3 is 9.84 Å². The van der Waals surface area contributed by atoms with E-state index in [1.54, 1.807) is 18.2 Å². The first-order valence-electron chi connectivity index (χ1n) is 6.85. The number of hydrogen-bond acceptors (Lipinski definition) is 3. The number of carboxylic acids is 1. The first-order valence-corrected chi connectivity index (χ1v) is 7.73. The molecule has 0 bridgehead atoms. The summed E-state index contributed by atoms with van der Waals surface area (Å²) in [5.41, 5.74) is 2.59. The highest BCUT2D eigenvalue weighted by Gasteiger charge is 2.22. The van der Waals surface area contributed by atoms with E-state index < -0.39 is 5.97 Å². The number of carboxylic acid groups (broad SMARTS) is 1. The van der Waals surface area contributed by atoms with Crippen molar-refractivity contribution >= 4 is 17.7 Å². The fourth-order valence-electron chi connectivity index (χ4n) is 2.42. The van der Waals surface area contributed by atoms with Gasteiger partial charge in [0.2, 0.25) is 0 Å². The molecule has 1 unspecified atom stereocenters. The van der Waals surface area contributed by atoms with Crippen LogP contribution >= 0.6 is 11.8 Å². The quantitative estimate of drug-likeness (QED) is 0.933. The Morgan fingerprint density at radius 2 is 2.14 bits per heavy atom. The van der Waals surface area contributed by atoms with Crippen molar-refractivity contribution in [2.24, 2.45) is 0 Å². The van der Waals surface area contributed by atoms with Crippen molar-refractivity contribution in [3.8, 4) is 5.75 Å². The lowest BCUT2D eigenvalue weighted by Gasteiger charge is -2.13. The number of aromatic carboxylic acids is 1. The van der Waals surface area contributed by atoms with Crippen molar-refractivity contribution in [3.05, 3.63) is 59.2 Å². The van der Waals surface area contributed by atoms with Crippen LogP contribution in [0.2, 0.25) is 0 Å². The third-order valence-electron chi connectivity index (χ3n) is 3.57. The number of thioether (sulfide) groups is 1. The van der Waals surface area contributed by atoms with Crippen LogP contribution in [-0.4, -0.2) is 22.9 Å². The highest BCUT2D eigenvalue weighted by atomic mass is 32.2. The Morgan fingerprint density at radius 1 is 1.33 bits per heavy atom. The molecule has 4 heteroatoms. The van der Waals surface area contributed by atoms with Gasteiger partial charge >= 0.3 is 5.97 Å². The summed E-state index contributed by atoms with van der Waals surface area (Å²) in [6.45, 7) is 2.51. The smallest absolute Gasteiger partial charge is 0.335 e. The van der Waals surface area contributed by atoms with Gasteiger partial charge in [-0.15, -0.1) is 11.8 Å². The number of ether oxygens (including phenoxy) is 1. The Balaban J connectivity index is 1.67. The standard InChI is InChI=1S/C17H16O3S/c1-11-6-7-13(17(18)19)9-15(11)20-10-14-8-12-4-2-3-5-16(12)21-14/h2-7,9,14H,8,10H2,1H3,(H,18,19). The van der Waals surface area contributed by atoms with E-state index in [0.29, 0.717) is 17.6 Å². The molecule has 0 spiro atoms. The number of aryl methyl sites for hydroxylation is 1. The molecule has 0 radical (unpaired) electrons. The summed E-state index contributed by atoms with van der Waals surface area (Å²) in [6.07, 6.45) is 0.999. The van der Waals surface area contributed by atoms with Gasteiger partial charge in [0.1, 0.15) is 12.4 Å². The first-order chi connectivity index (χ1) is 10.1. The van der Waals surface area contributed by atoms with E-state index >= 15 is 0 Å². The first kappa shape index (κ1) is 14.0. The molecule has 0 aromatic heterocycles. The Kier molecular flexibility index (Phi) is 3.88. The average Bonchev–Trinajstić information content (AvgIpc) is 2.89. The molecule has 1 atom stereocenters. The lowest BCUT2D eigenvalue weighted by molar-refractivity contribution is 0.0696. The predicted octanol–water partition coefficient (Wildman–Crippen LogP) is 3.79. The van der Waals surface area contributed by atoms with Crippen molar-refractivity contribution in [1.29, 1.82) is 0 Å². The lowest BCUT2D eigenvalue weighted by atomic mass is 10.1. The SMILES string of the molecule is Cc1ccc(C(=O)O)cc1OCC1Cc2ccccc2S1.